The van der Waals surface area contributed by atoms with E-state index in [1.807, 2.05) is 0 Å². The Morgan fingerprint density at radius 3 is 1.42 bits per heavy atom. The van der Waals surface area contributed by atoms with Crippen molar-refractivity contribution in [2.75, 3.05) is 4.90 Å². The van der Waals surface area contributed by atoms with Gasteiger partial charge >= 0.3 is 0 Å². The van der Waals surface area contributed by atoms with E-state index in [-0.39, 0.29) is 5.41 Å². The van der Waals surface area contributed by atoms with E-state index < -0.39 is 0 Å². The van der Waals surface area contributed by atoms with Gasteiger partial charge in [0.1, 0.15) is 0 Å². The first-order chi connectivity index (χ1) is 26.1. The minimum atomic E-state index is -0.223. The number of rotatable bonds is 6. The first-order valence-electron chi connectivity index (χ1n) is 18.4. The van der Waals surface area contributed by atoms with Gasteiger partial charge in [-0.05, 0) is 81.9 Å². The molecule has 0 unspecified atom stereocenters. The fourth-order valence-electron chi connectivity index (χ4n) is 8.66. The number of benzene rings is 8. The molecule has 0 radical (unpaired) electrons. The lowest BCUT2D eigenvalue weighted by Gasteiger charge is -2.31. The third-order valence-electron chi connectivity index (χ3n) is 11.2. The van der Waals surface area contributed by atoms with Gasteiger partial charge in [-0.3, -0.25) is 0 Å². The number of anilines is 3. The van der Waals surface area contributed by atoms with Crippen molar-refractivity contribution in [1.29, 1.82) is 0 Å². The highest BCUT2D eigenvalue weighted by molar-refractivity contribution is 6.09. The van der Waals surface area contributed by atoms with Crippen molar-refractivity contribution in [2.24, 2.45) is 0 Å². The second-order valence-electron chi connectivity index (χ2n) is 14.6. The van der Waals surface area contributed by atoms with E-state index in [2.05, 4.69) is 217 Å². The minimum absolute atomic E-state index is 0.223. The van der Waals surface area contributed by atoms with Crippen LogP contribution >= 0.6 is 0 Å². The molecule has 252 valence electrons. The zero-order chi connectivity index (χ0) is 35.5. The molecule has 0 aliphatic heterocycles. The van der Waals surface area contributed by atoms with Crippen LogP contribution in [0.3, 0.4) is 0 Å². The molecule has 1 heterocycles. The molecule has 53 heavy (non-hydrogen) atoms. The van der Waals surface area contributed by atoms with Gasteiger partial charge in [0.25, 0.3) is 0 Å². The van der Waals surface area contributed by atoms with Gasteiger partial charge in [-0.1, -0.05) is 159 Å². The average molecular weight is 679 g/mol. The number of para-hydroxylation sites is 4. The Bertz CT molecular complexity index is 2670. The van der Waals surface area contributed by atoms with Gasteiger partial charge in [-0.15, -0.1) is 0 Å². The summed E-state index contributed by atoms with van der Waals surface area (Å²) in [6.45, 7) is 4.77. The van der Waals surface area contributed by atoms with E-state index in [1.165, 1.54) is 72.0 Å². The molecule has 0 saturated carbocycles. The van der Waals surface area contributed by atoms with E-state index in [4.69, 9.17) is 0 Å². The molecule has 1 aliphatic carbocycles. The quantitative estimate of drug-likeness (QED) is 0.170. The average Bonchev–Trinajstić information content (AvgIpc) is 3.67. The largest absolute Gasteiger partial charge is 0.309 e. The lowest BCUT2D eigenvalue weighted by molar-refractivity contribution is 0.660. The van der Waals surface area contributed by atoms with Crippen molar-refractivity contribution >= 4 is 38.9 Å². The maximum Gasteiger partial charge on any atom is 0.0541 e. The van der Waals surface area contributed by atoms with Crippen molar-refractivity contribution in [1.82, 2.24) is 4.57 Å². The third-order valence-corrected chi connectivity index (χ3v) is 11.2. The SMILES string of the molecule is CC1(C)c2cc(N(c3ccccc3-c3ccccc3)c3ccccc3-c3ccccc3)ccc2-c2ccc(-n3c4ccccc4c4ccccc43)cc21. The highest BCUT2D eigenvalue weighted by atomic mass is 15.1. The summed E-state index contributed by atoms with van der Waals surface area (Å²) in [6.07, 6.45) is 0. The van der Waals surface area contributed by atoms with Crippen LogP contribution in [0.15, 0.2) is 194 Å². The molecule has 0 amide bonds. The van der Waals surface area contributed by atoms with E-state index >= 15 is 0 Å². The molecule has 8 aromatic carbocycles. The number of hydrogen-bond acceptors (Lipinski definition) is 1. The normalized spacial score (nSPS) is 12.9. The standard InChI is InChI=1S/C51H38N2/c1-51(2)45-33-37(29-31-41(45)42-32-30-38(34-46(42)51)53-49-27-15-11-23-43(49)44-24-12-16-28-50(44)53)52(47-25-13-9-21-39(47)35-17-5-3-6-18-35)48-26-14-10-22-40(48)36-19-7-4-8-20-36/h3-34H,1-2H3. The maximum atomic E-state index is 2.47. The van der Waals surface area contributed by atoms with Gasteiger partial charge in [0, 0.05) is 38.7 Å². The lowest BCUT2D eigenvalue weighted by atomic mass is 9.82. The van der Waals surface area contributed by atoms with Crippen LogP contribution in [0.5, 0.6) is 0 Å². The predicted molar refractivity (Wildman–Crippen MR) is 224 cm³/mol. The van der Waals surface area contributed by atoms with Gasteiger partial charge in [-0.25, -0.2) is 0 Å². The van der Waals surface area contributed by atoms with Gasteiger partial charge in [0.2, 0.25) is 0 Å². The van der Waals surface area contributed by atoms with Crippen molar-refractivity contribution in [2.45, 2.75) is 19.3 Å². The topological polar surface area (TPSA) is 8.17 Å². The van der Waals surface area contributed by atoms with Crippen LogP contribution in [0.25, 0.3) is 60.9 Å². The molecule has 9 aromatic rings. The van der Waals surface area contributed by atoms with Crippen molar-refractivity contribution < 1.29 is 0 Å². The second-order valence-corrected chi connectivity index (χ2v) is 14.6. The summed E-state index contributed by atoms with van der Waals surface area (Å²) < 4.78 is 2.43. The van der Waals surface area contributed by atoms with Crippen LogP contribution in [0.2, 0.25) is 0 Å². The Labute approximate surface area is 310 Å². The van der Waals surface area contributed by atoms with Crippen LogP contribution in [0.1, 0.15) is 25.0 Å². The van der Waals surface area contributed by atoms with Gasteiger partial charge in [0.15, 0.2) is 0 Å². The predicted octanol–water partition coefficient (Wildman–Crippen LogP) is 13.9. The van der Waals surface area contributed by atoms with Gasteiger partial charge < -0.3 is 9.47 Å². The molecule has 0 N–H and O–H groups in total. The summed E-state index contributed by atoms with van der Waals surface area (Å²) in [7, 11) is 0. The molecule has 1 aliphatic rings. The van der Waals surface area contributed by atoms with E-state index in [1.54, 1.807) is 0 Å². The summed E-state index contributed by atoms with van der Waals surface area (Å²) in [5, 5.41) is 2.56. The molecule has 0 atom stereocenters. The van der Waals surface area contributed by atoms with Gasteiger partial charge in [-0.2, -0.15) is 0 Å². The molecule has 10 rings (SSSR count). The molecule has 0 bridgehead atoms. The molecule has 1 aromatic heterocycles. The summed E-state index contributed by atoms with van der Waals surface area (Å²) in [4.78, 5) is 2.47. The monoisotopic (exact) mass is 678 g/mol. The summed E-state index contributed by atoms with van der Waals surface area (Å²) >= 11 is 0. The van der Waals surface area contributed by atoms with E-state index in [0.29, 0.717) is 0 Å². The number of hydrogen-bond donors (Lipinski definition) is 0. The van der Waals surface area contributed by atoms with Crippen molar-refractivity contribution in [3.05, 3.63) is 205 Å². The van der Waals surface area contributed by atoms with Crippen molar-refractivity contribution in [3.8, 4) is 39.1 Å². The molecule has 0 saturated heterocycles. The number of nitrogens with zero attached hydrogens (tertiary/aromatic N) is 2. The third kappa shape index (κ3) is 4.94. The molecule has 2 heteroatoms. The fraction of sp³-hybridized carbons (Fsp3) is 0.0588. The molecule has 0 spiro atoms. The van der Waals surface area contributed by atoms with Crippen LogP contribution in [-0.4, -0.2) is 4.57 Å². The van der Waals surface area contributed by atoms with E-state index in [0.717, 1.165) is 17.1 Å². The van der Waals surface area contributed by atoms with Crippen LogP contribution in [0, 0.1) is 0 Å². The number of aromatic nitrogens is 1. The Morgan fingerprint density at radius 2 is 0.849 bits per heavy atom. The van der Waals surface area contributed by atoms with Gasteiger partial charge in [0.05, 0.1) is 22.4 Å². The van der Waals surface area contributed by atoms with E-state index in [9.17, 15) is 0 Å². The highest BCUT2D eigenvalue weighted by Gasteiger charge is 2.37. The van der Waals surface area contributed by atoms with Crippen LogP contribution in [0.4, 0.5) is 17.1 Å². The first kappa shape index (κ1) is 31.1. The first-order valence-corrected chi connectivity index (χ1v) is 18.4. The molecular weight excluding hydrogens is 641 g/mol. The smallest absolute Gasteiger partial charge is 0.0541 e. The number of fused-ring (bicyclic) bond motifs is 6. The molecular formula is C51H38N2. The Balaban J connectivity index is 1.16. The summed E-state index contributed by atoms with van der Waals surface area (Å²) in [5.74, 6) is 0. The van der Waals surface area contributed by atoms with Crippen molar-refractivity contribution in [3.63, 3.8) is 0 Å². The Morgan fingerprint density at radius 1 is 0.396 bits per heavy atom. The summed E-state index contributed by atoms with van der Waals surface area (Å²) in [6, 6.07) is 70.8. The summed E-state index contributed by atoms with van der Waals surface area (Å²) in [5.41, 5.74) is 16.9. The zero-order valence-electron chi connectivity index (χ0n) is 29.9. The highest BCUT2D eigenvalue weighted by Crippen LogP contribution is 2.52. The van der Waals surface area contributed by atoms with Crippen LogP contribution in [-0.2, 0) is 5.41 Å². The Kier molecular flexibility index (Phi) is 7.19. The maximum absolute atomic E-state index is 2.47. The molecule has 2 nitrogen and oxygen atoms in total. The second kappa shape index (κ2) is 12.3. The minimum Gasteiger partial charge on any atom is -0.309 e. The lowest BCUT2D eigenvalue weighted by Crippen LogP contribution is -2.17. The van der Waals surface area contributed by atoms with Crippen LogP contribution < -0.4 is 4.90 Å². The zero-order valence-corrected chi connectivity index (χ0v) is 29.9. The molecule has 0 fully saturated rings. The Hall–Kier alpha value is -6.64. The fourth-order valence-corrected chi connectivity index (χ4v) is 8.66.